The highest BCUT2D eigenvalue weighted by Gasteiger charge is 2.26. The van der Waals surface area contributed by atoms with Crippen LogP contribution in [0.15, 0.2) is 0 Å². The van der Waals surface area contributed by atoms with E-state index in [1.807, 2.05) is 0 Å². The normalized spacial score (nSPS) is 31.5. The number of aliphatic hydroxyl groups excluding tert-OH is 1. The quantitative estimate of drug-likeness (QED) is 0.488. The Balaban J connectivity index is 2.39. The highest BCUT2D eigenvalue weighted by Crippen LogP contribution is 2.11. The van der Waals surface area contributed by atoms with Crippen molar-refractivity contribution in [1.82, 2.24) is 5.32 Å². The number of carbonyl (C=O) groups is 1. The fraction of sp³-hybridized carbons (Fsp3) is 0.857. The van der Waals surface area contributed by atoms with Crippen LogP contribution in [0.3, 0.4) is 0 Å². The van der Waals surface area contributed by atoms with Crippen molar-refractivity contribution in [2.24, 2.45) is 5.92 Å². The molecule has 0 aromatic carbocycles. The fourth-order valence-corrected chi connectivity index (χ4v) is 1.27. The predicted octanol–water partition coefficient (Wildman–Crippen LogP) is -0.870. The third-order valence-electron chi connectivity index (χ3n) is 1.86. The molecule has 4 nitrogen and oxygen atoms in total. The predicted molar refractivity (Wildman–Crippen MR) is 39.0 cm³/mol. The summed E-state index contributed by atoms with van der Waals surface area (Å²) in [6.45, 7) is 1.19. The molecule has 11 heavy (non-hydrogen) atoms. The van der Waals surface area contributed by atoms with E-state index in [2.05, 4.69) is 10.1 Å². The van der Waals surface area contributed by atoms with E-state index >= 15 is 0 Å². The van der Waals surface area contributed by atoms with Crippen LogP contribution >= 0.6 is 0 Å². The molecule has 0 saturated carbocycles. The average Bonchev–Trinajstić information content (AvgIpc) is 2.03. The number of hydrogen-bond donors (Lipinski definition) is 2. The van der Waals surface area contributed by atoms with Gasteiger partial charge in [-0.3, -0.25) is 4.79 Å². The van der Waals surface area contributed by atoms with E-state index in [9.17, 15) is 4.79 Å². The molecule has 4 heteroatoms. The molecule has 1 aliphatic heterocycles. The van der Waals surface area contributed by atoms with Gasteiger partial charge >= 0.3 is 5.97 Å². The number of nitrogens with one attached hydrogen (secondary N) is 1. The minimum atomic E-state index is -0.409. The lowest BCUT2D eigenvalue weighted by Crippen LogP contribution is -2.42. The maximum Gasteiger partial charge on any atom is 0.310 e. The third kappa shape index (κ3) is 2.17. The highest BCUT2D eigenvalue weighted by atomic mass is 16.5. The summed E-state index contributed by atoms with van der Waals surface area (Å²) < 4.78 is 4.55. The molecule has 0 radical (unpaired) electrons. The lowest BCUT2D eigenvalue weighted by Gasteiger charge is -2.24. The van der Waals surface area contributed by atoms with Gasteiger partial charge in [0.2, 0.25) is 0 Å². The van der Waals surface area contributed by atoms with E-state index in [0.29, 0.717) is 19.5 Å². The summed E-state index contributed by atoms with van der Waals surface area (Å²) in [5, 5.41) is 12.1. The summed E-state index contributed by atoms with van der Waals surface area (Å²) in [6, 6.07) is 0. The summed E-state index contributed by atoms with van der Waals surface area (Å²) in [6.07, 6.45) is 0.104. The second-order valence-corrected chi connectivity index (χ2v) is 2.77. The second-order valence-electron chi connectivity index (χ2n) is 2.77. The molecule has 1 aliphatic rings. The van der Waals surface area contributed by atoms with E-state index in [1.54, 1.807) is 0 Å². The van der Waals surface area contributed by atoms with E-state index in [1.165, 1.54) is 7.11 Å². The Morgan fingerprint density at radius 2 is 2.36 bits per heavy atom. The molecule has 1 saturated heterocycles. The summed E-state index contributed by atoms with van der Waals surface area (Å²) >= 11 is 0. The van der Waals surface area contributed by atoms with E-state index < -0.39 is 6.10 Å². The van der Waals surface area contributed by atoms with Crippen molar-refractivity contribution in [1.29, 1.82) is 0 Å². The molecule has 2 N–H and O–H groups in total. The van der Waals surface area contributed by atoms with Crippen LogP contribution in [0, 0.1) is 5.92 Å². The Morgan fingerprint density at radius 3 is 2.91 bits per heavy atom. The fourth-order valence-electron chi connectivity index (χ4n) is 1.27. The number of piperidine rings is 1. The molecule has 1 heterocycles. The Labute approximate surface area is 65.5 Å². The third-order valence-corrected chi connectivity index (χ3v) is 1.86. The maximum atomic E-state index is 10.9. The van der Waals surface area contributed by atoms with Gasteiger partial charge in [-0.2, -0.15) is 0 Å². The van der Waals surface area contributed by atoms with Crippen LogP contribution in [-0.2, 0) is 9.53 Å². The Morgan fingerprint density at radius 1 is 1.64 bits per heavy atom. The minimum Gasteiger partial charge on any atom is -0.469 e. The lowest BCUT2D eigenvalue weighted by molar-refractivity contribution is -0.147. The Hall–Kier alpha value is -0.610. The maximum absolute atomic E-state index is 10.9. The minimum absolute atomic E-state index is 0.177. The molecule has 0 spiro atoms. The van der Waals surface area contributed by atoms with Crippen molar-refractivity contribution in [3.8, 4) is 0 Å². The van der Waals surface area contributed by atoms with Crippen molar-refractivity contribution in [3.05, 3.63) is 0 Å². The number of β-amino-alcohol motifs (C(OH)–C–C–N with tert-alkyl or cyclic N) is 1. The van der Waals surface area contributed by atoms with Gasteiger partial charge in [0.1, 0.15) is 0 Å². The van der Waals surface area contributed by atoms with Crippen LogP contribution in [0.2, 0.25) is 0 Å². The van der Waals surface area contributed by atoms with Gasteiger partial charge in [0, 0.05) is 13.1 Å². The summed E-state index contributed by atoms with van der Waals surface area (Å²) in [5.74, 6) is -0.417. The molecule has 64 valence electrons. The van der Waals surface area contributed by atoms with Crippen LogP contribution in [0.25, 0.3) is 0 Å². The molecule has 2 atom stereocenters. The van der Waals surface area contributed by atoms with Crippen LogP contribution < -0.4 is 5.32 Å². The standard InChI is InChI=1S/C7H13NO3/c1-11-7(10)5-2-6(9)4-8-3-5/h5-6,8-9H,2-4H2,1H3/t5-,6-/m1/s1. The molecule has 0 aromatic heterocycles. The topological polar surface area (TPSA) is 58.6 Å². The van der Waals surface area contributed by atoms with Crippen LogP contribution in [-0.4, -0.2) is 37.4 Å². The van der Waals surface area contributed by atoms with Gasteiger partial charge in [0.25, 0.3) is 0 Å². The summed E-state index contributed by atoms with van der Waals surface area (Å²) in [4.78, 5) is 10.9. The van der Waals surface area contributed by atoms with Gasteiger partial charge in [-0.1, -0.05) is 0 Å². The molecule has 0 unspecified atom stereocenters. The van der Waals surface area contributed by atoms with E-state index in [0.717, 1.165) is 0 Å². The zero-order chi connectivity index (χ0) is 8.27. The van der Waals surface area contributed by atoms with Crippen molar-refractivity contribution < 1.29 is 14.6 Å². The molecule has 0 aliphatic carbocycles. The summed E-state index contributed by atoms with van der Waals surface area (Å²) in [5.41, 5.74) is 0. The van der Waals surface area contributed by atoms with E-state index in [-0.39, 0.29) is 11.9 Å². The van der Waals surface area contributed by atoms with Gasteiger partial charge in [-0.05, 0) is 6.42 Å². The smallest absolute Gasteiger partial charge is 0.310 e. The monoisotopic (exact) mass is 159 g/mol. The number of carbonyl (C=O) groups excluding carboxylic acids is 1. The molecular formula is C7H13NO3. The van der Waals surface area contributed by atoms with Crippen molar-refractivity contribution >= 4 is 5.97 Å². The number of methoxy groups -OCH3 is 1. The number of esters is 1. The van der Waals surface area contributed by atoms with Gasteiger partial charge in [-0.25, -0.2) is 0 Å². The van der Waals surface area contributed by atoms with Crippen LogP contribution in [0.4, 0.5) is 0 Å². The van der Waals surface area contributed by atoms with Crippen molar-refractivity contribution in [3.63, 3.8) is 0 Å². The number of aliphatic hydroxyl groups is 1. The second kappa shape index (κ2) is 3.69. The van der Waals surface area contributed by atoms with Crippen molar-refractivity contribution in [2.75, 3.05) is 20.2 Å². The van der Waals surface area contributed by atoms with Gasteiger partial charge in [0.05, 0.1) is 19.1 Å². The molecular weight excluding hydrogens is 146 g/mol. The van der Waals surface area contributed by atoms with Gasteiger partial charge < -0.3 is 15.2 Å². The highest BCUT2D eigenvalue weighted by molar-refractivity contribution is 5.72. The van der Waals surface area contributed by atoms with Gasteiger partial charge in [0.15, 0.2) is 0 Å². The molecule has 1 rings (SSSR count). The molecule has 0 aromatic rings. The largest absolute Gasteiger partial charge is 0.469 e. The number of hydrogen-bond acceptors (Lipinski definition) is 4. The first-order valence-electron chi connectivity index (χ1n) is 3.70. The van der Waals surface area contributed by atoms with E-state index in [4.69, 9.17) is 5.11 Å². The number of rotatable bonds is 1. The molecule has 1 fully saturated rings. The average molecular weight is 159 g/mol. The molecule has 0 bridgehead atoms. The Bertz CT molecular complexity index is 149. The zero-order valence-corrected chi connectivity index (χ0v) is 6.54. The first kappa shape index (κ1) is 8.49. The van der Waals surface area contributed by atoms with Crippen LogP contribution in [0.5, 0.6) is 0 Å². The zero-order valence-electron chi connectivity index (χ0n) is 6.54. The first-order valence-corrected chi connectivity index (χ1v) is 3.70. The van der Waals surface area contributed by atoms with Crippen LogP contribution in [0.1, 0.15) is 6.42 Å². The molecule has 0 amide bonds. The summed E-state index contributed by atoms with van der Waals surface area (Å²) in [7, 11) is 1.36. The Kier molecular flexibility index (Phi) is 2.84. The lowest BCUT2D eigenvalue weighted by atomic mass is 9.98. The van der Waals surface area contributed by atoms with Crippen molar-refractivity contribution in [2.45, 2.75) is 12.5 Å². The SMILES string of the molecule is COC(=O)[C@H]1CNC[C@H](O)C1. The van der Waals surface area contributed by atoms with Gasteiger partial charge in [-0.15, -0.1) is 0 Å². The first-order chi connectivity index (χ1) is 5.24. The number of ether oxygens (including phenoxy) is 1.